The zero-order valence-electron chi connectivity index (χ0n) is 18.0. The van der Waals surface area contributed by atoms with Crippen molar-refractivity contribution in [1.29, 1.82) is 0 Å². The van der Waals surface area contributed by atoms with Crippen molar-refractivity contribution < 1.29 is 4.79 Å². The fourth-order valence-electron chi connectivity index (χ4n) is 3.86. The lowest BCUT2D eigenvalue weighted by Crippen LogP contribution is -2.45. The van der Waals surface area contributed by atoms with Crippen LogP contribution >= 0.6 is 0 Å². The predicted octanol–water partition coefficient (Wildman–Crippen LogP) is 3.60. The number of hydrogen-bond acceptors (Lipinski definition) is 4. The normalized spacial score (nSPS) is 14.7. The smallest absolute Gasteiger partial charge is 0.251 e. The molecule has 5 heteroatoms. The van der Waals surface area contributed by atoms with Gasteiger partial charge in [-0.3, -0.25) is 4.79 Å². The Hall–Kier alpha value is -2.53. The number of nitrogens with zero attached hydrogens (tertiary/aromatic N) is 3. The molecule has 1 aliphatic rings. The summed E-state index contributed by atoms with van der Waals surface area (Å²) < 4.78 is 0. The first-order valence-corrected chi connectivity index (χ1v) is 10.8. The van der Waals surface area contributed by atoms with Gasteiger partial charge in [0.05, 0.1) is 0 Å². The fourth-order valence-corrected chi connectivity index (χ4v) is 3.86. The first-order valence-electron chi connectivity index (χ1n) is 10.8. The maximum atomic E-state index is 12.7. The second-order valence-electron chi connectivity index (χ2n) is 7.73. The number of carbonyl (C=O) groups is 1. The lowest BCUT2D eigenvalue weighted by molar-refractivity contribution is 0.0951. The third-order valence-electron chi connectivity index (χ3n) is 5.64. The van der Waals surface area contributed by atoms with E-state index in [1.807, 2.05) is 30.3 Å². The maximum absolute atomic E-state index is 12.7. The molecule has 29 heavy (non-hydrogen) atoms. The van der Waals surface area contributed by atoms with Crippen LogP contribution in [0.25, 0.3) is 0 Å². The Labute approximate surface area is 175 Å². The molecule has 0 radical (unpaired) electrons. The number of rotatable bonds is 8. The van der Waals surface area contributed by atoms with E-state index >= 15 is 0 Å². The summed E-state index contributed by atoms with van der Waals surface area (Å²) in [5.41, 5.74) is 4.28. The molecule has 1 saturated heterocycles. The number of carbonyl (C=O) groups excluding carboxylic acids is 1. The van der Waals surface area contributed by atoms with Gasteiger partial charge in [-0.2, -0.15) is 0 Å². The Kier molecular flexibility index (Phi) is 7.53. The van der Waals surface area contributed by atoms with Gasteiger partial charge in [-0.15, -0.1) is 0 Å². The molecule has 0 aliphatic carbocycles. The molecule has 5 nitrogen and oxygen atoms in total. The maximum Gasteiger partial charge on any atom is 0.251 e. The van der Waals surface area contributed by atoms with Crippen molar-refractivity contribution in [3.05, 3.63) is 59.7 Å². The highest BCUT2D eigenvalue weighted by Gasteiger charge is 2.17. The minimum absolute atomic E-state index is 0.0247. The lowest BCUT2D eigenvalue weighted by atomic mass is 10.1. The number of anilines is 2. The van der Waals surface area contributed by atoms with Crippen molar-refractivity contribution in [2.75, 3.05) is 56.1 Å². The third-order valence-corrected chi connectivity index (χ3v) is 5.64. The second-order valence-corrected chi connectivity index (χ2v) is 7.73. The van der Waals surface area contributed by atoms with E-state index in [0.717, 1.165) is 45.7 Å². The Morgan fingerprint density at radius 3 is 2.34 bits per heavy atom. The van der Waals surface area contributed by atoms with Crippen LogP contribution in [0.1, 0.15) is 36.2 Å². The van der Waals surface area contributed by atoms with E-state index in [4.69, 9.17) is 0 Å². The molecule has 1 N–H and O–H groups in total. The molecule has 3 rings (SSSR count). The Balaban J connectivity index is 1.62. The number of amides is 1. The number of piperazine rings is 1. The standard InChI is InChI=1S/C24H34N4O/c1-4-14-27(5-2)22-12-10-20(11-13-22)24(29)25-19-21-8-6-7-9-23(21)28-17-15-26(3)16-18-28/h6-13H,4-5,14-19H2,1-3H3,(H,25,29). The number of para-hydroxylation sites is 1. The van der Waals surface area contributed by atoms with E-state index in [9.17, 15) is 4.79 Å². The second kappa shape index (κ2) is 10.3. The summed E-state index contributed by atoms with van der Waals surface area (Å²) in [7, 11) is 2.16. The van der Waals surface area contributed by atoms with E-state index in [1.54, 1.807) is 0 Å². The van der Waals surface area contributed by atoms with E-state index in [-0.39, 0.29) is 5.91 Å². The van der Waals surface area contributed by atoms with Gasteiger partial charge >= 0.3 is 0 Å². The van der Waals surface area contributed by atoms with Crippen LogP contribution in [0.5, 0.6) is 0 Å². The zero-order chi connectivity index (χ0) is 20.6. The molecular weight excluding hydrogens is 360 g/mol. The van der Waals surface area contributed by atoms with Gasteiger partial charge in [-0.05, 0) is 56.3 Å². The van der Waals surface area contributed by atoms with Gasteiger partial charge in [0.15, 0.2) is 0 Å². The van der Waals surface area contributed by atoms with Gasteiger partial charge in [0.25, 0.3) is 5.91 Å². The number of likely N-dealkylation sites (N-methyl/N-ethyl adjacent to an activating group) is 1. The Morgan fingerprint density at radius 1 is 1.00 bits per heavy atom. The Morgan fingerprint density at radius 2 is 1.69 bits per heavy atom. The summed E-state index contributed by atoms with van der Waals surface area (Å²) >= 11 is 0. The van der Waals surface area contributed by atoms with Gasteiger partial charge in [-0.25, -0.2) is 0 Å². The fraction of sp³-hybridized carbons (Fsp3) is 0.458. The quantitative estimate of drug-likeness (QED) is 0.742. The highest BCUT2D eigenvalue weighted by molar-refractivity contribution is 5.94. The number of nitrogens with one attached hydrogen (secondary N) is 1. The van der Waals surface area contributed by atoms with E-state index in [1.165, 1.54) is 16.9 Å². The molecule has 0 unspecified atom stereocenters. The molecule has 1 aliphatic heterocycles. The number of hydrogen-bond donors (Lipinski definition) is 1. The zero-order valence-corrected chi connectivity index (χ0v) is 18.0. The summed E-state index contributed by atoms with van der Waals surface area (Å²) in [6, 6.07) is 16.3. The van der Waals surface area contributed by atoms with Crippen LogP contribution in [0.4, 0.5) is 11.4 Å². The topological polar surface area (TPSA) is 38.8 Å². The molecule has 156 valence electrons. The van der Waals surface area contributed by atoms with Crippen LogP contribution in [0.15, 0.2) is 48.5 Å². The summed E-state index contributed by atoms with van der Waals surface area (Å²) in [6.07, 6.45) is 1.11. The Bertz CT molecular complexity index is 782. The molecule has 0 spiro atoms. The molecule has 0 saturated carbocycles. The predicted molar refractivity (Wildman–Crippen MR) is 122 cm³/mol. The minimum Gasteiger partial charge on any atom is -0.372 e. The molecule has 2 aromatic carbocycles. The summed E-state index contributed by atoms with van der Waals surface area (Å²) in [5.74, 6) is -0.0247. The van der Waals surface area contributed by atoms with Gasteiger partial charge < -0.3 is 20.0 Å². The van der Waals surface area contributed by atoms with Crippen molar-refractivity contribution in [2.45, 2.75) is 26.8 Å². The summed E-state index contributed by atoms with van der Waals surface area (Å²) in [6.45, 7) is 11.1. The van der Waals surface area contributed by atoms with E-state index in [2.05, 4.69) is 59.1 Å². The highest BCUT2D eigenvalue weighted by atomic mass is 16.1. The van der Waals surface area contributed by atoms with Crippen molar-refractivity contribution in [1.82, 2.24) is 10.2 Å². The van der Waals surface area contributed by atoms with Gasteiger partial charge in [0.2, 0.25) is 0 Å². The lowest BCUT2D eigenvalue weighted by Gasteiger charge is -2.35. The molecular formula is C24H34N4O. The molecule has 2 aromatic rings. The van der Waals surface area contributed by atoms with Crippen molar-refractivity contribution in [2.24, 2.45) is 0 Å². The highest BCUT2D eigenvalue weighted by Crippen LogP contribution is 2.22. The molecule has 1 fully saturated rings. The molecule has 1 amide bonds. The van der Waals surface area contributed by atoms with Crippen molar-refractivity contribution in [3.8, 4) is 0 Å². The van der Waals surface area contributed by atoms with Gasteiger partial charge in [0.1, 0.15) is 0 Å². The van der Waals surface area contributed by atoms with Crippen molar-refractivity contribution >= 4 is 17.3 Å². The van der Waals surface area contributed by atoms with E-state index < -0.39 is 0 Å². The molecule has 1 heterocycles. The third kappa shape index (κ3) is 5.51. The first-order chi connectivity index (χ1) is 14.1. The average Bonchev–Trinajstić information content (AvgIpc) is 2.77. The van der Waals surface area contributed by atoms with Crippen molar-refractivity contribution in [3.63, 3.8) is 0 Å². The monoisotopic (exact) mass is 394 g/mol. The van der Waals surface area contributed by atoms with Crippen LogP contribution in [0, 0.1) is 0 Å². The summed E-state index contributed by atoms with van der Waals surface area (Å²) in [4.78, 5) is 19.8. The minimum atomic E-state index is -0.0247. The largest absolute Gasteiger partial charge is 0.372 e. The van der Waals surface area contributed by atoms with E-state index in [0.29, 0.717) is 12.1 Å². The van der Waals surface area contributed by atoms with Gasteiger partial charge in [-0.1, -0.05) is 25.1 Å². The molecule has 0 atom stereocenters. The van der Waals surface area contributed by atoms with Crippen LogP contribution in [-0.2, 0) is 6.54 Å². The van der Waals surface area contributed by atoms with Crippen LogP contribution in [0.2, 0.25) is 0 Å². The first kappa shape index (κ1) is 21.2. The van der Waals surface area contributed by atoms with Crippen LogP contribution in [-0.4, -0.2) is 57.1 Å². The van der Waals surface area contributed by atoms with Gasteiger partial charge in [0, 0.05) is 62.8 Å². The van der Waals surface area contributed by atoms with Crippen LogP contribution in [0.3, 0.4) is 0 Å². The summed E-state index contributed by atoms with van der Waals surface area (Å²) in [5, 5.41) is 3.10. The number of benzene rings is 2. The van der Waals surface area contributed by atoms with Crippen LogP contribution < -0.4 is 15.1 Å². The molecule has 0 aromatic heterocycles. The SMILES string of the molecule is CCCN(CC)c1ccc(C(=O)NCc2ccccc2N2CCN(C)CC2)cc1. The average molecular weight is 395 g/mol. The molecule has 0 bridgehead atoms.